The minimum absolute atomic E-state index is 0.217. The fraction of sp³-hybridized carbons (Fsp3) is 0.444. The number of aromatic nitrogens is 2. The van der Waals surface area contributed by atoms with Gasteiger partial charge in [-0.15, -0.1) is 0 Å². The Bertz CT molecular complexity index is 308. The van der Waals surface area contributed by atoms with E-state index < -0.39 is 6.10 Å². The van der Waals surface area contributed by atoms with Gasteiger partial charge in [0, 0.05) is 12.7 Å². The van der Waals surface area contributed by atoms with Gasteiger partial charge < -0.3 is 10.4 Å². The van der Waals surface area contributed by atoms with Crippen LogP contribution in [0.5, 0.6) is 0 Å². The zero-order valence-corrected chi connectivity index (χ0v) is 8.19. The summed E-state index contributed by atoms with van der Waals surface area (Å²) in [7, 11) is 0. The number of carbonyl (C=O) groups is 1. The molecule has 0 radical (unpaired) electrons. The van der Waals surface area contributed by atoms with Crippen LogP contribution in [0.15, 0.2) is 12.4 Å². The lowest BCUT2D eigenvalue weighted by Gasteiger charge is -2.05. The number of hydrogen-bond donors (Lipinski definition) is 2. The first-order valence-electron chi connectivity index (χ1n) is 4.34. The maximum absolute atomic E-state index is 11.3. The Hall–Kier alpha value is -1.49. The minimum atomic E-state index is -0.558. The number of nitrogens with zero attached hydrogens (tertiary/aromatic N) is 2. The van der Waals surface area contributed by atoms with Crippen LogP contribution in [0.2, 0.25) is 0 Å². The van der Waals surface area contributed by atoms with Gasteiger partial charge in [-0.1, -0.05) is 0 Å². The highest BCUT2D eigenvalue weighted by Crippen LogP contribution is 1.93. The Morgan fingerprint density at radius 2 is 2.29 bits per heavy atom. The van der Waals surface area contributed by atoms with Crippen molar-refractivity contribution in [2.75, 3.05) is 6.54 Å². The molecule has 0 spiro atoms. The highest BCUT2D eigenvalue weighted by molar-refractivity contribution is 5.91. The van der Waals surface area contributed by atoms with Crippen molar-refractivity contribution < 1.29 is 9.90 Å². The van der Waals surface area contributed by atoms with Crippen LogP contribution in [0.4, 0.5) is 0 Å². The molecule has 0 fully saturated rings. The first kappa shape index (κ1) is 10.6. The molecule has 0 aliphatic heterocycles. The Morgan fingerprint density at radius 1 is 1.57 bits per heavy atom. The third-order valence-corrected chi connectivity index (χ3v) is 1.57. The zero-order chi connectivity index (χ0) is 10.6. The molecule has 0 aromatic carbocycles. The van der Waals surface area contributed by atoms with E-state index in [-0.39, 0.29) is 18.1 Å². The Labute approximate surface area is 82.2 Å². The first-order chi connectivity index (χ1) is 6.59. The van der Waals surface area contributed by atoms with Gasteiger partial charge in [0.25, 0.3) is 5.91 Å². The first-order valence-corrected chi connectivity index (χ1v) is 4.34. The van der Waals surface area contributed by atoms with Gasteiger partial charge in [-0.05, 0) is 13.8 Å². The van der Waals surface area contributed by atoms with Crippen LogP contribution >= 0.6 is 0 Å². The van der Waals surface area contributed by atoms with Crippen molar-refractivity contribution in [1.29, 1.82) is 0 Å². The molecule has 1 heterocycles. The summed E-state index contributed by atoms with van der Waals surface area (Å²) in [5, 5.41) is 11.5. The molecule has 5 nitrogen and oxygen atoms in total. The lowest BCUT2D eigenvalue weighted by molar-refractivity contribution is 0.0918. The Kier molecular flexibility index (Phi) is 3.53. The SMILES string of the molecule is Cc1cnc(C(=O)NC[C@H](C)O)cn1. The van der Waals surface area contributed by atoms with Crippen molar-refractivity contribution in [3.8, 4) is 0 Å². The zero-order valence-electron chi connectivity index (χ0n) is 8.19. The topological polar surface area (TPSA) is 75.1 Å². The van der Waals surface area contributed by atoms with E-state index in [1.807, 2.05) is 0 Å². The lowest BCUT2D eigenvalue weighted by Crippen LogP contribution is -2.31. The molecule has 5 heteroatoms. The van der Waals surface area contributed by atoms with Crippen LogP contribution in [-0.2, 0) is 0 Å². The second kappa shape index (κ2) is 4.66. The lowest BCUT2D eigenvalue weighted by atomic mass is 10.3. The fourth-order valence-corrected chi connectivity index (χ4v) is 0.841. The summed E-state index contributed by atoms with van der Waals surface area (Å²) in [6, 6.07) is 0. The molecular formula is C9H13N3O2. The van der Waals surface area contributed by atoms with Crippen LogP contribution < -0.4 is 5.32 Å². The largest absolute Gasteiger partial charge is 0.392 e. The monoisotopic (exact) mass is 195 g/mol. The predicted octanol–water partition coefficient (Wildman–Crippen LogP) is -0.104. The molecular weight excluding hydrogens is 182 g/mol. The van der Waals surface area contributed by atoms with Crippen LogP contribution in [0.1, 0.15) is 23.1 Å². The number of rotatable bonds is 3. The maximum Gasteiger partial charge on any atom is 0.271 e. The van der Waals surface area contributed by atoms with E-state index in [2.05, 4.69) is 15.3 Å². The molecule has 1 amide bonds. The Balaban J connectivity index is 2.57. The number of carbonyl (C=O) groups excluding carboxylic acids is 1. The van der Waals surface area contributed by atoms with Crippen molar-refractivity contribution in [2.45, 2.75) is 20.0 Å². The van der Waals surface area contributed by atoms with Crippen molar-refractivity contribution in [3.05, 3.63) is 23.8 Å². The van der Waals surface area contributed by atoms with Crippen LogP contribution in [0.25, 0.3) is 0 Å². The van der Waals surface area contributed by atoms with E-state index in [0.717, 1.165) is 5.69 Å². The van der Waals surface area contributed by atoms with Gasteiger partial charge in [0.1, 0.15) is 5.69 Å². The highest BCUT2D eigenvalue weighted by Gasteiger charge is 2.07. The summed E-state index contributed by atoms with van der Waals surface area (Å²) in [4.78, 5) is 19.2. The van der Waals surface area contributed by atoms with Gasteiger partial charge >= 0.3 is 0 Å². The summed E-state index contributed by atoms with van der Waals surface area (Å²) in [5.41, 5.74) is 1.02. The smallest absolute Gasteiger partial charge is 0.271 e. The number of nitrogens with one attached hydrogen (secondary N) is 1. The van der Waals surface area contributed by atoms with Crippen molar-refractivity contribution in [2.24, 2.45) is 0 Å². The minimum Gasteiger partial charge on any atom is -0.392 e. The molecule has 1 atom stereocenters. The van der Waals surface area contributed by atoms with Gasteiger partial charge in [-0.3, -0.25) is 9.78 Å². The summed E-state index contributed by atoms with van der Waals surface area (Å²) in [6.07, 6.45) is 2.38. The predicted molar refractivity (Wildman–Crippen MR) is 50.8 cm³/mol. The molecule has 0 saturated carbocycles. The number of aryl methyl sites for hydroxylation is 1. The fourth-order valence-electron chi connectivity index (χ4n) is 0.841. The van der Waals surface area contributed by atoms with Crippen molar-refractivity contribution >= 4 is 5.91 Å². The third-order valence-electron chi connectivity index (χ3n) is 1.57. The summed E-state index contributed by atoms with van der Waals surface area (Å²) in [5.74, 6) is -0.321. The molecule has 1 aromatic heterocycles. The molecule has 0 aliphatic rings. The van der Waals surface area contributed by atoms with Crippen LogP contribution in [-0.4, -0.2) is 33.6 Å². The maximum atomic E-state index is 11.3. The van der Waals surface area contributed by atoms with Gasteiger partial charge in [0.15, 0.2) is 0 Å². The van der Waals surface area contributed by atoms with Crippen LogP contribution in [0.3, 0.4) is 0 Å². The van der Waals surface area contributed by atoms with E-state index in [1.165, 1.54) is 12.4 Å². The normalized spacial score (nSPS) is 12.2. The third kappa shape index (κ3) is 3.10. The molecule has 1 rings (SSSR count). The van der Waals surface area contributed by atoms with Gasteiger partial charge in [0.05, 0.1) is 18.0 Å². The molecule has 0 saturated heterocycles. The molecule has 0 unspecified atom stereocenters. The average molecular weight is 195 g/mol. The number of aliphatic hydroxyl groups is 1. The molecule has 1 aromatic rings. The van der Waals surface area contributed by atoms with Crippen LogP contribution in [0, 0.1) is 6.92 Å². The van der Waals surface area contributed by atoms with E-state index in [1.54, 1.807) is 13.8 Å². The van der Waals surface area contributed by atoms with Gasteiger partial charge in [-0.25, -0.2) is 4.98 Å². The quantitative estimate of drug-likeness (QED) is 0.706. The Morgan fingerprint density at radius 3 is 2.79 bits per heavy atom. The average Bonchev–Trinajstić information content (AvgIpc) is 2.15. The molecule has 2 N–H and O–H groups in total. The van der Waals surface area contributed by atoms with E-state index in [0.29, 0.717) is 0 Å². The molecule has 0 aliphatic carbocycles. The van der Waals surface area contributed by atoms with Crippen molar-refractivity contribution in [3.63, 3.8) is 0 Å². The van der Waals surface area contributed by atoms with E-state index in [4.69, 9.17) is 5.11 Å². The van der Waals surface area contributed by atoms with Gasteiger partial charge in [-0.2, -0.15) is 0 Å². The highest BCUT2D eigenvalue weighted by atomic mass is 16.3. The summed E-state index contributed by atoms with van der Waals surface area (Å²) < 4.78 is 0. The second-order valence-corrected chi connectivity index (χ2v) is 3.10. The number of hydrogen-bond acceptors (Lipinski definition) is 4. The van der Waals surface area contributed by atoms with E-state index in [9.17, 15) is 4.79 Å². The molecule has 14 heavy (non-hydrogen) atoms. The van der Waals surface area contributed by atoms with Gasteiger partial charge in [0.2, 0.25) is 0 Å². The molecule has 76 valence electrons. The van der Waals surface area contributed by atoms with E-state index >= 15 is 0 Å². The summed E-state index contributed by atoms with van der Waals surface area (Å²) >= 11 is 0. The second-order valence-electron chi connectivity index (χ2n) is 3.10. The molecule has 0 bridgehead atoms. The number of aliphatic hydroxyl groups excluding tert-OH is 1. The van der Waals surface area contributed by atoms with Crippen molar-refractivity contribution in [1.82, 2.24) is 15.3 Å². The number of amides is 1. The standard InChI is InChI=1S/C9H13N3O2/c1-6-3-11-8(5-10-6)9(14)12-4-7(2)13/h3,5,7,13H,4H2,1-2H3,(H,12,14)/t7-/m0/s1. The summed E-state index contributed by atoms with van der Waals surface area (Å²) in [6.45, 7) is 3.61.